The number of halogens is 1. The van der Waals surface area contributed by atoms with Crippen molar-refractivity contribution in [2.24, 2.45) is 0 Å². The minimum absolute atomic E-state index is 0.0168. The third-order valence-corrected chi connectivity index (χ3v) is 5.57. The number of β-amino-alcohol motifs (C(OH)–C–C–N with tert-alkyl or cyclic N) is 2. The quantitative estimate of drug-likeness (QED) is 0.720. The predicted octanol–water partition coefficient (Wildman–Crippen LogP) is 0.0727. The maximum absolute atomic E-state index is 12.5. The first kappa shape index (κ1) is 16.2. The Morgan fingerprint density at radius 3 is 2.29 bits per heavy atom. The van der Waals surface area contributed by atoms with Gasteiger partial charge in [-0.2, -0.15) is 4.31 Å². The molecular formula is C12H14ClNO6S. The second-order valence-electron chi connectivity index (χ2n) is 4.84. The number of carbonyl (C=O) groups is 1. The molecule has 2 atom stereocenters. The Balaban J connectivity index is 2.53. The Labute approximate surface area is 126 Å². The molecule has 1 fully saturated rings. The minimum Gasteiger partial charge on any atom is -0.478 e. The largest absolute Gasteiger partial charge is 0.478 e. The highest BCUT2D eigenvalue weighted by Gasteiger charge is 2.38. The Hall–Kier alpha value is -1.19. The van der Waals surface area contributed by atoms with Crippen LogP contribution in [0, 0.1) is 6.92 Å². The second-order valence-corrected chi connectivity index (χ2v) is 7.18. The topological polar surface area (TPSA) is 115 Å². The summed E-state index contributed by atoms with van der Waals surface area (Å²) < 4.78 is 26.0. The fraction of sp³-hybridized carbons (Fsp3) is 0.417. The first-order chi connectivity index (χ1) is 9.64. The number of hydrogen-bond donors (Lipinski definition) is 3. The molecule has 0 amide bonds. The zero-order chi connectivity index (χ0) is 15.9. The maximum atomic E-state index is 12.5. The molecule has 0 aromatic heterocycles. The van der Waals surface area contributed by atoms with Gasteiger partial charge in [0.15, 0.2) is 0 Å². The van der Waals surface area contributed by atoms with Crippen molar-refractivity contribution in [1.82, 2.24) is 4.31 Å². The molecule has 116 valence electrons. The van der Waals surface area contributed by atoms with Gasteiger partial charge in [0, 0.05) is 18.1 Å². The van der Waals surface area contributed by atoms with Crippen LogP contribution in [0.1, 0.15) is 15.9 Å². The molecule has 0 spiro atoms. The number of aromatic carboxylic acids is 1. The Morgan fingerprint density at radius 2 is 1.81 bits per heavy atom. The standard InChI is InChI=1S/C12H14ClNO6S/c1-6-8(12(17)18)2-7(13)3-11(6)21(19,20)14-4-9(15)10(16)5-14/h2-3,9-10,15-16H,4-5H2,1H3,(H,17,18). The number of aliphatic hydroxyl groups excluding tert-OH is 2. The summed E-state index contributed by atoms with van der Waals surface area (Å²) in [7, 11) is -4.05. The molecule has 2 rings (SSSR count). The van der Waals surface area contributed by atoms with Crippen LogP contribution in [0.5, 0.6) is 0 Å². The SMILES string of the molecule is Cc1c(C(=O)O)cc(Cl)cc1S(=O)(=O)N1CC(O)C(O)C1. The van der Waals surface area contributed by atoms with Crippen LogP contribution >= 0.6 is 11.6 Å². The zero-order valence-corrected chi connectivity index (χ0v) is 12.6. The van der Waals surface area contributed by atoms with Crippen molar-refractivity contribution < 1.29 is 28.5 Å². The van der Waals surface area contributed by atoms with Gasteiger partial charge >= 0.3 is 5.97 Å². The van der Waals surface area contributed by atoms with Crippen LogP contribution in [0.3, 0.4) is 0 Å². The van der Waals surface area contributed by atoms with Gasteiger partial charge < -0.3 is 15.3 Å². The summed E-state index contributed by atoms with van der Waals surface area (Å²) in [6, 6.07) is 2.33. The third-order valence-electron chi connectivity index (χ3n) is 3.40. The van der Waals surface area contributed by atoms with Crippen molar-refractivity contribution in [3.05, 3.63) is 28.3 Å². The van der Waals surface area contributed by atoms with Gasteiger partial charge in [-0.1, -0.05) is 11.6 Å². The van der Waals surface area contributed by atoms with Gasteiger partial charge in [0.1, 0.15) is 0 Å². The highest BCUT2D eigenvalue weighted by atomic mass is 35.5. The number of hydrogen-bond acceptors (Lipinski definition) is 5. The molecule has 21 heavy (non-hydrogen) atoms. The number of rotatable bonds is 3. The lowest BCUT2D eigenvalue weighted by Gasteiger charge is -2.18. The molecule has 2 unspecified atom stereocenters. The first-order valence-electron chi connectivity index (χ1n) is 6.04. The van der Waals surface area contributed by atoms with Crippen molar-refractivity contribution in [3.8, 4) is 0 Å². The molecule has 9 heteroatoms. The van der Waals surface area contributed by atoms with E-state index in [1.807, 2.05) is 0 Å². The zero-order valence-electron chi connectivity index (χ0n) is 11.0. The van der Waals surface area contributed by atoms with Gasteiger partial charge in [-0.05, 0) is 24.6 Å². The van der Waals surface area contributed by atoms with Gasteiger partial charge in [0.2, 0.25) is 10.0 Å². The number of nitrogens with zero attached hydrogens (tertiary/aromatic N) is 1. The van der Waals surface area contributed by atoms with Crippen LogP contribution in [0.15, 0.2) is 17.0 Å². The van der Waals surface area contributed by atoms with Gasteiger partial charge in [0.05, 0.1) is 22.7 Å². The molecule has 3 N–H and O–H groups in total. The van der Waals surface area contributed by atoms with Crippen LogP contribution < -0.4 is 0 Å². The smallest absolute Gasteiger partial charge is 0.336 e. The van der Waals surface area contributed by atoms with E-state index in [4.69, 9.17) is 16.7 Å². The second kappa shape index (κ2) is 5.54. The number of carboxylic acid groups (broad SMARTS) is 1. The van der Waals surface area contributed by atoms with E-state index >= 15 is 0 Å². The third kappa shape index (κ3) is 2.90. The molecule has 1 aromatic rings. The summed E-state index contributed by atoms with van der Waals surface area (Å²) >= 11 is 5.79. The highest BCUT2D eigenvalue weighted by Crippen LogP contribution is 2.29. The molecule has 1 heterocycles. The number of benzene rings is 1. The number of aliphatic hydroxyl groups is 2. The van der Waals surface area contributed by atoms with E-state index in [2.05, 4.69) is 0 Å². The van der Waals surface area contributed by atoms with E-state index in [1.54, 1.807) is 0 Å². The van der Waals surface area contributed by atoms with E-state index in [-0.39, 0.29) is 34.1 Å². The van der Waals surface area contributed by atoms with Crippen molar-refractivity contribution in [2.75, 3.05) is 13.1 Å². The summed E-state index contributed by atoms with van der Waals surface area (Å²) in [5.41, 5.74) is -0.149. The molecule has 0 bridgehead atoms. The predicted molar refractivity (Wildman–Crippen MR) is 73.9 cm³/mol. The molecule has 0 saturated carbocycles. The van der Waals surface area contributed by atoms with Gasteiger partial charge in [-0.25, -0.2) is 13.2 Å². The normalized spacial score (nSPS) is 23.4. The van der Waals surface area contributed by atoms with Crippen molar-refractivity contribution >= 4 is 27.6 Å². The van der Waals surface area contributed by atoms with Crippen molar-refractivity contribution in [2.45, 2.75) is 24.0 Å². The highest BCUT2D eigenvalue weighted by molar-refractivity contribution is 7.89. The molecule has 1 aliphatic rings. The number of sulfonamides is 1. The van der Waals surface area contributed by atoms with Crippen molar-refractivity contribution in [1.29, 1.82) is 0 Å². The lowest BCUT2D eigenvalue weighted by Crippen LogP contribution is -2.30. The molecular weight excluding hydrogens is 322 g/mol. The van der Waals surface area contributed by atoms with Crippen LogP contribution in [-0.2, 0) is 10.0 Å². The van der Waals surface area contributed by atoms with E-state index < -0.39 is 28.2 Å². The monoisotopic (exact) mass is 335 g/mol. The van der Waals surface area contributed by atoms with Gasteiger partial charge in [-0.3, -0.25) is 0 Å². The molecule has 1 aliphatic heterocycles. The average Bonchev–Trinajstić information content (AvgIpc) is 2.72. The van der Waals surface area contributed by atoms with Crippen LogP contribution in [0.25, 0.3) is 0 Å². The van der Waals surface area contributed by atoms with E-state index in [0.29, 0.717) is 0 Å². The Kier molecular flexibility index (Phi) is 4.27. The van der Waals surface area contributed by atoms with Crippen LogP contribution in [-0.4, -0.2) is 59.3 Å². The average molecular weight is 336 g/mol. The van der Waals surface area contributed by atoms with E-state index in [0.717, 1.165) is 10.4 Å². The Bertz CT molecular complexity index is 679. The Morgan fingerprint density at radius 1 is 1.29 bits per heavy atom. The summed E-state index contributed by atoms with van der Waals surface area (Å²) in [6.45, 7) is 0.866. The van der Waals surface area contributed by atoms with Gasteiger partial charge in [-0.15, -0.1) is 0 Å². The summed E-state index contributed by atoms with van der Waals surface area (Å²) in [6.07, 6.45) is -2.34. The molecule has 0 aliphatic carbocycles. The summed E-state index contributed by atoms with van der Waals surface area (Å²) in [5.74, 6) is -1.28. The number of carboxylic acids is 1. The van der Waals surface area contributed by atoms with Crippen molar-refractivity contribution in [3.63, 3.8) is 0 Å². The first-order valence-corrected chi connectivity index (χ1v) is 7.86. The van der Waals surface area contributed by atoms with Crippen LogP contribution in [0.4, 0.5) is 0 Å². The fourth-order valence-corrected chi connectivity index (χ4v) is 4.25. The maximum Gasteiger partial charge on any atom is 0.336 e. The molecule has 7 nitrogen and oxygen atoms in total. The summed E-state index contributed by atoms with van der Waals surface area (Å²) in [4.78, 5) is 10.9. The lowest BCUT2D eigenvalue weighted by molar-refractivity contribution is 0.0572. The van der Waals surface area contributed by atoms with Gasteiger partial charge in [0.25, 0.3) is 0 Å². The lowest BCUT2D eigenvalue weighted by atomic mass is 10.1. The summed E-state index contributed by atoms with van der Waals surface area (Å²) in [5, 5.41) is 28.0. The molecule has 0 radical (unpaired) electrons. The van der Waals surface area contributed by atoms with E-state index in [1.165, 1.54) is 13.0 Å². The molecule has 1 saturated heterocycles. The van der Waals surface area contributed by atoms with E-state index in [9.17, 15) is 23.4 Å². The fourth-order valence-electron chi connectivity index (χ4n) is 2.21. The minimum atomic E-state index is -4.05. The van der Waals surface area contributed by atoms with Crippen LogP contribution in [0.2, 0.25) is 5.02 Å². The molecule has 1 aromatic carbocycles.